The predicted molar refractivity (Wildman–Crippen MR) is 77.6 cm³/mol. The van der Waals surface area contributed by atoms with E-state index in [-0.39, 0.29) is 0 Å². The normalized spacial score (nSPS) is 19.9. The molecule has 1 N–H and O–H groups in total. The lowest BCUT2D eigenvalue weighted by atomic mass is 10.2. The van der Waals surface area contributed by atoms with Crippen molar-refractivity contribution in [2.24, 2.45) is 0 Å². The van der Waals surface area contributed by atoms with Crippen molar-refractivity contribution in [1.29, 1.82) is 0 Å². The smallest absolute Gasteiger partial charge is 0.331 e. The zero-order valence-corrected chi connectivity index (χ0v) is 12.2. The van der Waals surface area contributed by atoms with E-state index in [0.29, 0.717) is 15.5 Å². The molecule has 1 aliphatic rings. The van der Waals surface area contributed by atoms with Crippen LogP contribution in [0.15, 0.2) is 18.2 Å². The minimum Gasteiger partial charge on any atom is -0.331 e. The average Bonchev–Trinajstić information content (AvgIpc) is 2.97. The lowest BCUT2D eigenvalue weighted by molar-refractivity contribution is -0.137. The molecular weight excluding hydrogens is 305 g/mol. The van der Waals surface area contributed by atoms with E-state index in [4.69, 9.17) is 12.2 Å². The molecule has 7 heteroatoms. The standard InChI is InChI=1S/C13H13F3N2S2/c14-13(15,16)8-3-4-11-10(6-8)17-12(19)18(11)7-9-2-1-5-20-9/h3-4,6,9H,1-2,5,7H2,(H,17,19). The van der Waals surface area contributed by atoms with Crippen molar-refractivity contribution >= 4 is 35.0 Å². The summed E-state index contributed by atoms with van der Waals surface area (Å²) in [5, 5.41) is 0.503. The first-order chi connectivity index (χ1) is 9.45. The maximum atomic E-state index is 12.7. The fraction of sp³-hybridized carbons (Fsp3) is 0.462. The van der Waals surface area contributed by atoms with Gasteiger partial charge in [0.05, 0.1) is 16.6 Å². The number of aromatic amines is 1. The number of hydrogen-bond donors (Lipinski definition) is 1. The van der Waals surface area contributed by atoms with E-state index in [1.807, 2.05) is 16.3 Å². The first kappa shape index (κ1) is 14.0. The summed E-state index contributed by atoms with van der Waals surface area (Å²) in [6.45, 7) is 0.759. The van der Waals surface area contributed by atoms with Crippen LogP contribution in [0.3, 0.4) is 0 Å². The van der Waals surface area contributed by atoms with E-state index in [0.717, 1.165) is 36.4 Å². The van der Waals surface area contributed by atoms with Crippen LogP contribution in [0.2, 0.25) is 0 Å². The van der Waals surface area contributed by atoms with E-state index in [9.17, 15) is 13.2 Å². The number of rotatable bonds is 2. The maximum absolute atomic E-state index is 12.7. The van der Waals surface area contributed by atoms with Crippen LogP contribution in [0.25, 0.3) is 11.0 Å². The topological polar surface area (TPSA) is 20.7 Å². The fourth-order valence-corrected chi connectivity index (χ4v) is 4.05. The van der Waals surface area contributed by atoms with Crippen LogP contribution in [0.1, 0.15) is 18.4 Å². The molecule has 1 saturated heterocycles. The summed E-state index contributed by atoms with van der Waals surface area (Å²) in [6, 6.07) is 3.75. The van der Waals surface area contributed by atoms with Gasteiger partial charge in [0.2, 0.25) is 0 Å². The Morgan fingerprint density at radius 2 is 2.20 bits per heavy atom. The van der Waals surface area contributed by atoms with E-state index in [2.05, 4.69) is 4.98 Å². The van der Waals surface area contributed by atoms with Gasteiger partial charge in [0.15, 0.2) is 4.77 Å². The van der Waals surface area contributed by atoms with Gasteiger partial charge in [-0.05, 0) is 49.0 Å². The molecule has 0 radical (unpaired) electrons. The minimum absolute atomic E-state index is 0.452. The highest BCUT2D eigenvalue weighted by atomic mass is 32.2. The van der Waals surface area contributed by atoms with Crippen LogP contribution in [0, 0.1) is 4.77 Å². The molecule has 20 heavy (non-hydrogen) atoms. The van der Waals surface area contributed by atoms with Crippen LogP contribution < -0.4 is 0 Å². The van der Waals surface area contributed by atoms with Crippen molar-refractivity contribution in [3.63, 3.8) is 0 Å². The summed E-state index contributed by atoms with van der Waals surface area (Å²) in [6.07, 6.45) is -1.99. The van der Waals surface area contributed by atoms with Crippen molar-refractivity contribution < 1.29 is 13.2 Å². The van der Waals surface area contributed by atoms with Crippen LogP contribution in [0.4, 0.5) is 13.2 Å². The third kappa shape index (κ3) is 2.61. The van der Waals surface area contributed by atoms with Gasteiger partial charge in [-0.3, -0.25) is 0 Å². The highest BCUT2D eigenvalue weighted by Gasteiger charge is 2.31. The molecule has 0 saturated carbocycles. The molecule has 1 aromatic heterocycles. The molecule has 2 heterocycles. The second kappa shape index (κ2) is 5.11. The van der Waals surface area contributed by atoms with Gasteiger partial charge in [0, 0.05) is 11.8 Å². The fourth-order valence-electron chi connectivity index (χ4n) is 2.51. The molecule has 108 valence electrons. The Labute approximate surface area is 123 Å². The van der Waals surface area contributed by atoms with E-state index < -0.39 is 11.7 Å². The Balaban J connectivity index is 2.01. The summed E-state index contributed by atoms with van der Waals surface area (Å²) >= 11 is 7.15. The summed E-state index contributed by atoms with van der Waals surface area (Å²) in [7, 11) is 0. The number of aromatic nitrogens is 2. The number of H-pyrrole nitrogens is 1. The summed E-state index contributed by atoms with van der Waals surface area (Å²) in [4.78, 5) is 2.88. The molecule has 1 fully saturated rings. The lowest BCUT2D eigenvalue weighted by Gasteiger charge is -2.11. The van der Waals surface area contributed by atoms with Crippen molar-refractivity contribution in [3.8, 4) is 0 Å². The zero-order chi connectivity index (χ0) is 14.3. The number of nitrogens with zero attached hydrogens (tertiary/aromatic N) is 1. The molecule has 0 amide bonds. The molecule has 1 aromatic carbocycles. The van der Waals surface area contributed by atoms with Crippen LogP contribution in [-0.4, -0.2) is 20.6 Å². The molecule has 0 spiro atoms. The molecule has 2 nitrogen and oxygen atoms in total. The highest BCUT2D eigenvalue weighted by Crippen LogP contribution is 2.32. The average molecular weight is 318 g/mol. The van der Waals surface area contributed by atoms with Gasteiger partial charge in [-0.25, -0.2) is 0 Å². The summed E-state index contributed by atoms with van der Waals surface area (Å²) in [5.74, 6) is 1.15. The summed E-state index contributed by atoms with van der Waals surface area (Å²) in [5.41, 5.74) is 0.548. The van der Waals surface area contributed by atoms with Gasteiger partial charge in [-0.15, -0.1) is 0 Å². The molecule has 2 aromatic rings. The van der Waals surface area contributed by atoms with Crippen LogP contribution >= 0.6 is 24.0 Å². The van der Waals surface area contributed by atoms with Crippen LogP contribution in [-0.2, 0) is 12.7 Å². The van der Waals surface area contributed by atoms with E-state index >= 15 is 0 Å². The number of halogens is 3. The number of thioether (sulfide) groups is 1. The first-order valence-electron chi connectivity index (χ1n) is 6.36. The van der Waals surface area contributed by atoms with Crippen molar-refractivity contribution in [2.45, 2.75) is 30.8 Å². The third-order valence-electron chi connectivity index (χ3n) is 3.51. The molecule has 3 rings (SSSR count). The highest BCUT2D eigenvalue weighted by molar-refractivity contribution is 8.00. The van der Waals surface area contributed by atoms with Crippen molar-refractivity contribution in [1.82, 2.24) is 9.55 Å². The van der Waals surface area contributed by atoms with Gasteiger partial charge < -0.3 is 9.55 Å². The number of benzene rings is 1. The number of imidazole rings is 1. The number of hydrogen-bond acceptors (Lipinski definition) is 2. The van der Waals surface area contributed by atoms with Gasteiger partial charge in [0.25, 0.3) is 0 Å². The molecule has 1 unspecified atom stereocenters. The molecular formula is C13H13F3N2S2. The Bertz CT molecular complexity index is 681. The van der Waals surface area contributed by atoms with Gasteiger partial charge in [-0.1, -0.05) is 0 Å². The van der Waals surface area contributed by atoms with E-state index in [1.54, 1.807) is 0 Å². The van der Waals surface area contributed by atoms with Crippen LogP contribution in [0.5, 0.6) is 0 Å². The van der Waals surface area contributed by atoms with E-state index in [1.165, 1.54) is 12.5 Å². The molecule has 0 aliphatic carbocycles. The second-order valence-corrected chi connectivity index (χ2v) is 6.70. The quantitative estimate of drug-likeness (QED) is 0.816. The van der Waals surface area contributed by atoms with Crippen molar-refractivity contribution in [2.75, 3.05) is 5.75 Å². The Morgan fingerprint density at radius 1 is 1.40 bits per heavy atom. The monoisotopic (exact) mass is 318 g/mol. The van der Waals surface area contributed by atoms with Gasteiger partial charge in [0.1, 0.15) is 0 Å². The largest absolute Gasteiger partial charge is 0.416 e. The zero-order valence-electron chi connectivity index (χ0n) is 10.5. The molecule has 1 atom stereocenters. The number of nitrogens with one attached hydrogen (secondary N) is 1. The van der Waals surface area contributed by atoms with Gasteiger partial charge in [-0.2, -0.15) is 24.9 Å². The maximum Gasteiger partial charge on any atom is 0.416 e. The molecule has 0 bridgehead atoms. The Morgan fingerprint density at radius 3 is 2.85 bits per heavy atom. The van der Waals surface area contributed by atoms with Gasteiger partial charge >= 0.3 is 6.18 Å². The summed E-state index contributed by atoms with van der Waals surface area (Å²) < 4.78 is 40.5. The Hall–Kier alpha value is -0.950. The third-order valence-corrected chi connectivity index (χ3v) is 5.21. The number of alkyl halides is 3. The van der Waals surface area contributed by atoms with Crippen molar-refractivity contribution in [3.05, 3.63) is 28.5 Å². The lowest BCUT2D eigenvalue weighted by Crippen LogP contribution is -2.10. The first-order valence-corrected chi connectivity index (χ1v) is 7.82. The second-order valence-electron chi connectivity index (χ2n) is 4.91. The minimum atomic E-state index is -4.33. The molecule has 1 aliphatic heterocycles. The predicted octanol–water partition coefficient (Wildman–Crippen LogP) is 4.61. The Kier molecular flexibility index (Phi) is 3.58. The number of fused-ring (bicyclic) bond motifs is 1. The SMILES string of the molecule is FC(F)(F)c1ccc2c(c1)[nH]c(=S)n2CC1CCCS1.